The van der Waals surface area contributed by atoms with Crippen molar-refractivity contribution in [3.8, 4) is 5.75 Å². The molecule has 2 rings (SSSR count). The summed E-state index contributed by atoms with van der Waals surface area (Å²) in [6.45, 7) is 6.30. The lowest BCUT2D eigenvalue weighted by molar-refractivity contribution is 0.0953. The molecule has 1 atom stereocenters. The minimum Gasteiger partial charge on any atom is -0.492 e. The second-order valence-corrected chi connectivity index (χ2v) is 5.72. The largest absolute Gasteiger partial charge is 0.492 e. The van der Waals surface area contributed by atoms with Gasteiger partial charge in [-0.1, -0.05) is 6.92 Å². The van der Waals surface area contributed by atoms with Crippen LogP contribution in [0.15, 0.2) is 24.3 Å². The molecule has 1 aliphatic heterocycles. The van der Waals surface area contributed by atoms with Gasteiger partial charge in [-0.15, -0.1) is 0 Å². The van der Waals surface area contributed by atoms with E-state index in [4.69, 9.17) is 10.6 Å². The first-order valence-corrected chi connectivity index (χ1v) is 7.65. The third-order valence-electron chi connectivity index (χ3n) is 4.03. The standard InChI is InChI=1S/C16H25N3O2/c1-13-3-2-9-19(10-8-13)11-12-21-15-6-4-14(5-7-15)16(20)18-17/h4-7,13H,2-3,8-12,17H2,1H3,(H,18,20). The summed E-state index contributed by atoms with van der Waals surface area (Å²) in [6, 6.07) is 7.03. The number of likely N-dealkylation sites (tertiary alicyclic amines) is 1. The van der Waals surface area contributed by atoms with Gasteiger partial charge in [0, 0.05) is 12.1 Å². The summed E-state index contributed by atoms with van der Waals surface area (Å²) in [7, 11) is 0. The number of carbonyl (C=O) groups excluding carboxylic acids is 1. The second-order valence-electron chi connectivity index (χ2n) is 5.72. The first kappa shape index (κ1) is 15.8. The molecule has 0 spiro atoms. The number of ether oxygens (including phenoxy) is 1. The Morgan fingerprint density at radius 3 is 2.81 bits per heavy atom. The molecule has 0 bridgehead atoms. The highest BCUT2D eigenvalue weighted by Gasteiger charge is 2.13. The number of nitrogens with one attached hydrogen (secondary N) is 1. The van der Waals surface area contributed by atoms with Gasteiger partial charge in [-0.25, -0.2) is 5.84 Å². The van der Waals surface area contributed by atoms with Crippen LogP contribution in [0.3, 0.4) is 0 Å². The van der Waals surface area contributed by atoms with Crippen LogP contribution in [0.25, 0.3) is 0 Å². The van der Waals surface area contributed by atoms with E-state index in [0.717, 1.165) is 18.2 Å². The van der Waals surface area contributed by atoms with Crippen molar-refractivity contribution in [2.24, 2.45) is 11.8 Å². The van der Waals surface area contributed by atoms with Crippen molar-refractivity contribution in [1.29, 1.82) is 0 Å². The lowest BCUT2D eigenvalue weighted by Crippen LogP contribution is -2.30. The fourth-order valence-corrected chi connectivity index (χ4v) is 2.62. The molecular formula is C16H25N3O2. The van der Waals surface area contributed by atoms with E-state index in [2.05, 4.69) is 17.2 Å². The Bertz CT molecular complexity index is 447. The number of nitrogens with zero attached hydrogens (tertiary/aromatic N) is 1. The normalized spacial score (nSPS) is 19.8. The van der Waals surface area contributed by atoms with Gasteiger partial charge < -0.3 is 4.74 Å². The lowest BCUT2D eigenvalue weighted by Gasteiger charge is -2.20. The van der Waals surface area contributed by atoms with E-state index in [1.807, 2.05) is 0 Å². The highest BCUT2D eigenvalue weighted by Crippen LogP contribution is 2.16. The van der Waals surface area contributed by atoms with E-state index in [9.17, 15) is 4.79 Å². The van der Waals surface area contributed by atoms with E-state index in [0.29, 0.717) is 12.2 Å². The highest BCUT2D eigenvalue weighted by molar-refractivity contribution is 5.93. The molecular weight excluding hydrogens is 266 g/mol. The van der Waals surface area contributed by atoms with Crippen molar-refractivity contribution in [3.05, 3.63) is 29.8 Å². The zero-order valence-electron chi connectivity index (χ0n) is 12.7. The van der Waals surface area contributed by atoms with Gasteiger partial charge in [0.05, 0.1) is 0 Å². The van der Waals surface area contributed by atoms with Crippen LogP contribution in [0.4, 0.5) is 0 Å². The Morgan fingerprint density at radius 1 is 1.33 bits per heavy atom. The van der Waals surface area contributed by atoms with Gasteiger partial charge in [-0.05, 0) is 62.5 Å². The Balaban J connectivity index is 1.74. The molecule has 1 heterocycles. The summed E-state index contributed by atoms with van der Waals surface area (Å²) in [5, 5.41) is 0. The Morgan fingerprint density at radius 2 is 2.10 bits per heavy atom. The van der Waals surface area contributed by atoms with Crippen LogP contribution in [0.5, 0.6) is 5.75 Å². The van der Waals surface area contributed by atoms with Crippen LogP contribution in [0, 0.1) is 5.92 Å². The molecule has 0 aliphatic carbocycles. The zero-order chi connectivity index (χ0) is 15.1. The monoisotopic (exact) mass is 291 g/mol. The highest BCUT2D eigenvalue weighted by atomic mass is 16.5. The van der Waals surface area contributed by atoms with Crippen LogP contribution in [-0.2, 0) is 0 Å². The molecule has 1 aromatic carbocycles. The molecule has 1 aromatic rings. The average Bonchev–Trinajstić information content (AvgIpc) is 2.72. The molecule has 116 valence electrons. The summed E-state index contributed by atoms with van der Waals surface area (Å²) in [4.78, 5) is 13.8. The molecule has 1 saturated heterocycles. The van der Waals surface area contributed by atoms with Crippen molar-refractivity contribution in [2.45, 2.75) is 26.2 Å². The fourth-order valence-electron chi connectivity index (χ4n) is 2.62. The van der Waals surface area contributed by atoms with E-state index in [1.54, 1.807) is 24.3 Å². The summed E-state index contributed by atoms with van der Waals surface area (Å²) >= 11 is 0. The third-order valence-corrected chi connectivity index (χ3v) is 4.03. The molecule has 1 amide bonds. The van der Waals surface area contributed by atoms with Gasteiger partial charge in [0.25, 0.3) is 5.91 Å². The number of carbonyl (C=O) groups is 1. The van der Waals surface area contributed by atoms with Crippen molar-refractivity contribution < 1.29 is 9.53 Å². The van der Waals surface area contributed by atoms with E-state index >= 15 is 0 Å². The lowest BCUT2D eigenvalue weighted by atomic mass is 10.0. The number of rotatable bonds is 5. The van der Waals surface area contributed by atoms with Gasteiger partial charge in [-0.2, -0.15) is 0 Å². The molecule has 5 heteroatoms. The summed E-state index contributed by atoms with van der Waals surface area (Å²) in [5.74, 6) is 6.43. The molecule has 3 N–H and O–H groups in total. The number of nitrogen functional groups attached to an aromatic ring is 1. The van der Waals surface area contributed by atoms with Crippen LogP contribution in [0.1, 0.15) is 36.5 Å². The molecule has 1 aliphatic rings. The maximum atomic E-state index is 11.3. The smallest absolute Gasteiger partial charge is 0.265 e. The Kier molecular flexibility index (Phi) is 6.02. The van der Waals surface area contributed by atoms with Crippen molar-refractivity contribution in [2.75, 3.05) is 26.2 Å². The molecule has 1 fully saturated rings. The summed E-state index contributed by atoms with van der Waals surface area (Å²) in [6.07, 6.45) is 3.90. The molecule has 1 unspecified atom stereocenters. The van der Waals surface area contributed by atoms with Gasteiger partial charge in [0.2, 0.25) is 0 Å². The predicted molar refractivity (Wildman–Crippen MR) is 83.0 cm³/mol. The summed E-state index contributed by atoms with van der Waals surface area (Å²) in [5.41, 5.74) is 2.64. The maximum Gasteiger partial charge on any atom is 0.265 e. The van der Waals surface area contributed by atoms with E-state index in [1.165, 1.54) is 32.4 Å². The zero-order valence-corrected chi connectivity index (χ0v) is 12.7. The second kappa shape index (κ2) is 8.00. The third kappa shape index (κ3) is 5.02. The van der Waals surface area contributed by atoms with E-state index in [-0.39, 0.29) is 5.91 Å². The Labute approximate surface area is 126 Å². The van der Waals surface area contributed by atoms with Crippen molar-refractivity contribution in [3.63, 3.8) is 0 Å². The molecule has 0 radical (unpaired) electrons. The fraction of sp³-hybridized carbons (Fsp3) is 0.562. The number of hydrogen-bond acceptors (Lipinski definition) is 4. The van der Waals surface area contributed by atoms with Gasteiger partial charge in [0.15, 0.2) is 0 Å². The molecule has 0 saturated carbocycles. The quantitative estimate of drug-likeness (QED) is 0.493. The summed E-state index contributed by atoms with van der Waals surface area (Å²) < 4.78 is 5.74. The van der Waals surface area contributed by atoms with Crippen molar-refractivity contribution >= 4 is 5.91 Å². The number of amides is 1. The first-order chi connectivity index (χ1) is 10.2. The topological polar surface area (TPSA) is 67.6 Å². The van der Waals surface area contributed by atoms with E-state index < -0.39 is 0 Å². The first-order valence-electron chi connectivity index (χ1n) is 7.65. The van der Waals surface area contributed by atoms with Gasteiger partial charge in [0.1, 0.15) is 12.4 Å². The van der Waals surface area contributed by atoms with Crippen LogP contribution >= 0.6 is 0 Å². The Hall–Kier alpha value is -1.59. The molecule has 0 aromatic heterocycles. The molecule has 5 nitrogen and oxygen atoms in total. The van der Waals surface area contributed by atoms with Gasteiger partial charge in [-0.3, -0.25) is 15.1 Å². The van der Waals surface area contributed by atoms with Gasteiger partial charge >= 0.3 is 0 Å². The number of nitrogens with two attached hydrogens (primary N) is 1. The number of benzene rings is 1. The van der Waals surface area contributed by atoms with Crippen molar-refractivity contribution in [1.82, 2.24) is 10.3 Å². The number of hydrogen-bond donors (Lipinski definition) is 2. The van der Waals surface area contributed by atoms with Crippen LogP contribution in [-0.4, -0.2) is 37.0 Å². The van der Waals surface area contributed by atoms with Crippen LogP contribution in [0.2, 0.25) is 0 Å². The SMILES string of the molecule is CC1CCCN(CCOc2ccc(C(=O)NN)cc2)CC1. The minimum absolute atomic E-state index is 0.291. The molecule has 21 heavy (non-hydrogen) atoms. The minimum atomic E-state index is -0.291. The maximum absolute atomic E-state index is 11.3. The average molecular weight is 291 g/mol. The number of hydrazine groups is 1. The van der Waals surface area contributed by atoms with Crippen LogP contribution < -0.4 is 16.0 Å². The predicted octanol–water partition coefficient (Wildman–Crippen LogP) is 1.79.